The molecular weight excluding hydrogens is 182 g/mol. The predicted molar refractivity (Wildman–Crippen MR) is 51.3 cm³/mol. The molecule has 0 aliphatic carbocycles. The molecule has 4 nitrogen and oxygen atoms in total. The Labute approximate surface area is 83.2 Å². The van der Waals surface area contributed by atoms with E-state index in [1.165, 1.54) is 0 Å². The minimum atomic E-state index is 0.233. The fourth-order valence-corrected chi connectivity index (χ4v) is 1.57. The van der Waals surface area contributed by atoms with Crippen molar-refractivity contribution in [1.29, 1.82) is 0 Å². The zero-order chi connectivity index (χ0) is 9.80. The zero-order valence-electron chi connectivity index (χ0n) is 8.29. The van der Waals surface area contributed by atoms with E-state index in [0.717, 1.165) is 25.1 Å². The van der Waals surface area contributed by atoms with Gasteiger partial charge in [0.25, 0.3) is 5.95 Å². The van der Waals surface area contributed by atoms with Crippen molar-refractivity contribution >= 4 is 0 Å². The second kappa shape index (κ2) is 4.48. The highest BCUT2D eigenvalue weighted by molar-refractivity contribution is 5.22. The van der Waals surface area contributed by atoms with Gasteiger partial charge in [0.15, 0.2) is 0 Å². The molecule has 0 spiro atoms. The minimum absolute atomic E-state index is 0.233. The molecule has 1 N–H and O–H groups in total. The smallest absolute Gasteiger partial charge is 0.290 e. The van der Waals surface area contributed by atoms with E-state index < -0.39 is 0 Å². The normalized spacial score (nSPS) is 21.4. The lowest BCUT2D eigenvalue weighted by Gasteiger charge is -2.10. The first kappa shape index (κ1) is 9.55. The number of rotatable bonds is 4. The molecule has 1 saturated heterocycles. The van der Waals surface area contributed by atoms with Crippen molar-refractivity contribution in [2.45, 2.75) is 19.1 Å². The van der Waals surface area contributed by atoms with E-state index in [0.29, 0.717) is 12.6 Å². The van der Waals surface area contributed by atoms with E-state index in [9.17, 15) is 0 Å². The van der Waals surface area contributed by atoms with E-state index in [1.807, 2.05) is 6.07 Å². The number of nitrogens with one attached hydrogen (secondary N) is 1. The molecule has 1 fully saturated rings. The Balaban J connectivity index is 1.96. The summed E-state index contributed by atoms with van der Waals surface area (Å²) in [6.07, 6.45) is 2.90. The predicted octanol–water partition coefficient (Wildman–Crippen LogP) is 1.17. The van der Waals surface area contributed by atoms with E-state index in [1.54, 1.807) is 13.4 Å². The zero-order valence-corrected chi connectivity index (χ0v) is 8.29. The summed E-state index contributed by atoms with van der Waals surface area (Å²) in [4.78, 5) is 0. The lowest BCUT2D eigenvalue weighted by molar-refractivity contribution is 0.149. The van der Waals surface area contributed by atoms with Crippen LogP contribution in [0.25, 0.3) is 0 Å². The monoisotopic (exact) mass is 197 g/mol. The number of methoxy groups -OCH3 is 1. The molecular formula is C10H15NO3. The van der Waals surface area contributed by atoms with Crippen molar-refractivity contribution < 1.29 is 13.9 Å². The van der Waals surface area contributed by atoms with Gasteiger partial charge in [-0.15, -0.1) is 0 Å². The summed E-state index contributed by atoms with van der Waals surface area (Å²) in [6.45, 7) is 2.45. The lowest BCUT2D eigenvalue weighted by Crippen LogP contribution is -2.19. The van der Waals surface area contributed by atoms with Gasteiger partial charge in [0, 0.05) is 13.7 Å². The van der Waals surface area contributed by atoms with Crippen molar-refractivity contribution in [3.05, 3.63) is 17.9 Å². The second-order valence-corrected chi connectivity index (χ2v) is 3.40. The molecule has 0 saturated carbocycles. The van der Waals surface area contributed by atoms with Crippen LogP contribution in [0.1, 0.15) is 12.0 Å². The fraction of sp³-hybridized carbons (Fsp3) is 0.600. The Morgan fingerprint density at radius 2 is 2.57 bits per heavy atom. The molecule has 4 heteroatoms. The third-order valence-electron chi connectivity index (χ3n) is 2.30. The SMILES string of the molecule is COCc1ccoc1OC1CCNC1. The van der Waals surface area contributed by atoms with Gasteiger partial charge in [0.2, 0.25) is 0 Å². The summed E-state index contributed by atoms with van der Waals surface area (Å²) in [5.41, 5.74) is 0.972. The van der Waals surface area contributed by atoms with Gasteiger partial charge in [-0.2, -0.15) is 0 Å². The van der Waals surface area contributed by atoms with Crippen LogP contribution in [0.15, 0.2) is 16.7 Å². The van der Waals surface area contributed by atoms with Gasteiger partial charge in [-0.25, -0.2) is 0 Å². The summed E-state index contributed by atoms with van der Waals surface area (Å²) < 4.78 is 16.0. The highest BCUT2D eigenvalue weighted by Gasteiger charge is 2.19. The van der Waals surface area contributed by atoms with Gasteiger partial charge in [0.05, 0.1) is 18.4 Å². The Bertz CT molecular complexity index is 279. The van der Waals surface area contributed by atoms with Gasteiger partial charge in [-0.3, -0.25) is 0 Å². The summed E-state index contributed by atoms with van der Waals surface area (Å²) >= 11 is 0. The standard InChI is InChI=1S/C10H15NO3/c1-12-7-8-3-5-13-10(8)14-9-2-4-11-6-9/h3,5,9,11H,2,4,6-7H2,1H3. The van der Waals surface area contributed by atoms with Gasteiger partial charge in [-0.1, -0.05) is 0 Å². The maximum Gasteiger partial charge on any atom is 0.290 e. The maximum absolute atomic E-state index is 5.69. The molecule has 1 aromatic heterocycles. The molecule has 2 heterocycles. The quantitative estimate of drug-likeness (QED) is 0.786. The van der Waals surface area contributed by atoms with Gasteiger partial charge >= 0.3 is 0 Å². The first-order valence-corrected chi connectivity index (χ1v) is 4.83. The summed E-state index contributed by atoms with van der Waals surface area (Å²) in [7, 11) is 1.66. The Morgan fingerprint density at radius 1 is 1.64 bits per heavy atom. The number of hydrogen-bond acceptors (Lipinski definition) is 4. The van der Waals surface area contributed by atoms with Crippen molar-refractivity contribution in [3.8, 4) is 5.95 Å². The first-order chi connectivity index (χ1) is 6.90. The minimum Gasteiger partial charge on any atom is -0.460 e. The van der Waals surface area contributed by atoms with Crippen LogP contribution >= 0.6 is 0 Å². The third-order valence-corrected chi connectivity index (χ3v) is 2.30. The van der Waals surface area contributed by atoms with Crippen molar-refractivity contribution in [1.82, 2.24) is 5.32 Å². The molecule has 14 heavy (non-hydrogen) atoms. The molecule has 0 bridgehead atoms. The highest BCUT2D eigenvalue weighted by Crippen LogP contribution is 2.22. The van der Waals surface area contributed by atoms with Crippen LogP contribution in [0.2, 0.25) is 0 Å². The fourth-order valence-electron chi connectivity index (χ4n) is 1.57. The van der Waals surface area contributed by atoms with Crippen LogP contribution in [0.5, 0.6) is 5.95 Å². The molecule has 1 aliphatic rings. The first-order valence-electron chi connectivity index (χ1n) is 4.83. The van der Waals surface area contributed by atoms with Crippen molar-refractivity contribution in [3.63, 3.8) is 0 Å². The Morgan fingerprint density at radius 3 is 3.29 bits per heavy atom. The van der Waals surface area contributed by atoms with Crippen molar-refractivity contribution in [2.24, 2.45) is 0 Å². The van der Waals surface area contributed by atoms with Crippen molar-refractivity contribution in [2.75, 3.05) is 20.2 Å². The van der Waals surface area contributed by atoms with Crippen LogP contribution in [-0.4, -0.2) is 26.3 Å². The number of hydrogen-bond donors (Lipinski definition) is 1. The lowest BCUT2D eigenvalue weighted by atomic mass is 10.3. The molecule has 0 aromatic carbocycles. The maximum atomic E-state index is 5.69. The van der Waals surface area contributed by atoms with E-state index in [4.69, 9.17) is 13.9 Å². The largest absolute Gasteiger partial charge is 0.460 e. The molecule has 1 aliphatic heterocycles. The van der Waals surface area contributed by atoms with Crippen LogP contribution < -0.4 is 10.1 Å². The van der Waals surface area contributed by atoms with Crippen LogP contribution in [0.3, 0.4) is 0 Å². The molecule has 2 rings (SSSR count). The number of furan rings is 1. The van der Waals surface area contributed by atoms with Crippen LogP contribution in [-0.2, 0) is 11.3 Å². The van der Waals surface area contributed by atoms with Gasteiger partial charge in [-0.05, 0) is 19.0 Å². The summed E-state index contributed by atoms with van der Waals surface area (Å²) in [5.74, 6) is 0.598. The second-order valence-electron chi connectivity index (χ2n) is 3.40. The molecule has 1 atom stereocenters. The Kier molecular flexibility index (Phi) is 3.06. The molecule has 0 amide bonds. The van der Waals surface area contributed by atoms with E-state index >= 15 is 0 Å². The van der Waals surface area contributed by atoms with Gasteiger partial charge in [0.1, 0.15) is 6.10 Å². The molecule has 1 aromatic rings. The topological polar surface area (TPSA) is 43.6 Å². The molecule has 78 valence electrons. The number of ether oxygens (including phenoxy) is 2. The third kappa shape index (κ3) is 2.08. The molecule has 1 unspecified atom stereocenters. The summed E-state index contributed by atoms with van der Waals surface area (Å²) in [5, 5.41) is 3.24. The highest BCUT2D eigenvalue weighted by atomic mass is 16.6. The van der Waals surface area contributed by atoms with Gasteiger partial charge < -0.3 is 19.2 Å². The average Bonchev–Trinajstić information content (AvgIpc) is 2.80. The van der Waals surface area contributed by atoms with E-state index in [-0.39, 0.29) is 6.10 Å². The van der Waals surface area contributed by atoms with E-state index in [2.05, 4.69) is 5.32 Å². The summed E-state index contributed by atoms with van der Waals surface area (Å²) in [6, 6.07) is 1.88. The average molecular weight is 197 g/mol. The van der Waals surface area contributed by atoms with Crippen LogP contribution in [0, 0.1) is 0 Å². The Hall–Kier alpha value is -1.00. The molecule has 0 radical (unpaired) electrons. The van der Waals surface area contributed by atoms with Crippen LogP contribution in [0.4, 0.5) is 0 Å².